The first-order valence-electron chi connectivity index (χ1n) is 4.87. The number of hydrogen-bond donors (Lipinski definition) is 1. The molecule has 0 fully saturated rings. The summed E-state index contributed by atoms with van der Waals surface area (Å²) in [6, 6.07) is -0.340. The van der Waals surface area contributed by atoms with Gasteiger partial charge in [-0.2, -0.15) is 16.7 Å². The monoisotopic (exact) mass is 225 g/mol. The van der Waals surface area contributed by atoms with Crippen molar-refractivity contribution in [3.8, 4) is 12.3 Å². The van der Waals surface area contributed by atoms with Gasteiger partial charge in [0.15, 0.2) is 5.82 Å². The van der Waals surface area contributed by atoms with Gasteiger partial charge in [0.1, 0.15) is 0 Å². The number of terminal acetylenes is 1. The Bertz CT molecular complexity index is 332. The van der Waals surface area contributed by atoms with E-state index in [9.17, 15) is 0 Å². The number of nitrogens with zero attached hydrogens (tertiary/aromatic N) is 2. The lowest BCUT2D eigenvalue weighted by Crippen LogP contribution is -2.09. The van der Waals surface area contributed by atoms with E-state index in [1.165, 1.54) is 0 Å². The van der Waals surface area contributed by atoms with Gasteiger partial charge in [0.05, 0.1) is 11.8 Å². The third kappa shape index (κ3) is 3.94. The normalized spacial score (nSPS) is 12.3. The Morgan fingerprint density at radius 1 is 1.67 bits per heavy atom. The largest absolute Gasteiger partial charge is 0.338 e. The highest BCUT2D eigenvalue weighted by atomic mass is 32.2. The van der Waals surface area contributed by atoms with E-state index in [2.05, 4.69) is 23.0 Å². The summed E-state index contributed by atoms with van der Waals surface area (Å²) in [6.07, 6.45) is 6.71. The average molecular weight is 225 g/mol. The molecule has 0 radical (unpaired) electrons. The summed E-state index contributed by atoms with van der Waals surface area (Å²) in [4.78, 5) is 4.18. The van der Waals surface area contributed by atoms with Crippen LogP contribution < -0.4 is 5.73 Å². The van der Waals surface area contributed by atoms with Crippen LogP contribution in [0.1, 0.15) is 37.5 Å². The first-order valence-corrected chi connectivity index (χ1v) is 6.02. The molecule has 1 heterocycles. The Morgan fingerprint density at radius 2 is 2.47 bits per heavy atom. The fourth-order valence-electron chi connectivity index (χ4n) is 0.999. The van der Waals surface area contributed by atoms with Crippen molar-refractivity contribution in [2.45, 2.75) is 31.6 Å². The van der Waals surface area contributed by atoms with Gasteiger partial charge in [-0.3, -0.25) is 0 Å². The van der Waals surface area contributed by atoms with Crippen LogP contribution in [0.25, 0.3) is 0 Å². The summed E-state index contributed by atoms with van der Waals surface area (Å²) in [6.45, 7) is 2.14. The zero-order chi connectivity index (χ0) is 11.1. The minimum atomic E-state index is -0.340. The van der Waals surface area contributed by atoms with Crippen LogP contribution in [0.15, 0.2) is 4.52 Å². The first kappa shape index (κ1) is 12.1. The molecule has 0 aliphatic heterocycles. The third-order valence-corrected chi connectivity index (χ3v) is 2.88. The van der Waals surface area contributed by atoms with Crippen LogP contribution in [-0.2, 0) is 5.75 Å². The maximum atomic E-state index is 5.73. The molecule has 82 valence electrons. The minimum absolute atomic E-state index is 0.340. The van der Waals surface area contributed by atoms with Crippen molar-refractivity contribution >= 4 is 11.8 Å². The molecule has 15 heavy (non-hydrogen) atoms. The molecule has 1 aromatic rings. The minimum Gasteiger partial charge on any atom is -0.338 e. The molecule has 1 atom stereocenters. The van der Waals surface area contributed by atoms with Crippen molar-refractivity contribution in [3.63, 3.8) is 0 Å². The van der Waals surface area contributed by atoms with Crippen molar-refractivity contribution in [2.24, 2.45) is 5.73 Å². The molecular weight excluding hydrogens is 210 g/mol. The number of aromatic nitrogens is 2. The molecule has 2 N–H and O–H groups in total. The van der Waals surface area contributed by atoms with E-state index in [0.29, 0.717) is 18.1 Å². The van der Waals surface area contributed by atoms with E-state index in [1.54, 1.807) is 11.8 Å². The lowest BCUT2D eigenvalue weighted by atomic mass is 10.2. The molecule has 5 heteroatoms. The van der Waals surface area contributed by atoms with Gasteiger partial charge in [-0.1, -0.05) is 12.1 Å². The number of thioether (sulfide) groups is 1. The van der Waals surface area contributed by atoms with Crippen LogP contribution in [0.4, 0.5) is 0 Å². The SMILES string of the molecule is C#CCC(N)c1nc(CSCCC)no1. The van der Waals surface area contributed by atoms with Gasteiger partial charge >= 0.3 is 0 Å². The lowest BCUT2D eigenvalue weighted by Gasteiger charge is -1.98. The van der Waals surface area contributed by atoms with Gasteiger partial charge in [0, 0.05) is 6.42 Å². The van der Waals surface area contributed by atoms with Gasteiger partial charge in [0.25, 0.3) is 0 Å². The predicted molar refractivity (Wildman–Crippen MR) is 61.1 cm³/mol. The molecule has 0 aliphatic rings. The average Bonchev–Trinajstić information content (AvgIpc) is 2.67. The van der Waals surface area contributed by atoms with Crippen molar-refractivity contribution in [1.82, 2.24) is 10.1 Å². The van der Waals surface area contributed by atoms with Crippen LogP contribution in [-0.4, -0.2) is 15.9 Å². The van der Waals surface area contributed by atoms with Gasteiger partial charge in [-0.15, -0.1) is 12.3 Å². The predicted octanol–water partition coefficient (Wildman–Crippen LogP) is 1.74. The molecule has 0 spiro atoms. The smallest absolute Gasteiger partial charge is 0.244 e. The fourth-order valence-corrected chi connectivity index (χ4v) is 1.73. The summed E-state index contributed by atoms with van der Waals surface area (Å²) in [7, 11) is 0. The summed E-state index contributed by atoms with van der Waals surface area (Å²) >= 11 is 1.78. The zero-order valence-electron chi connectivity index (χ0n) is 8.77. The molecule has 1 aromatic heterocycles. The van der Waals surface area contributed by atoms with Crippen LogP contribution in [0.5, 0.6) is 0 Å². The second-order valence-corrected chi connectivity index (χ2v) is 4.22. The van der Waals surface area contributed by atoms with Crippen molar-refractivity contribution in [3.05, 3.63) is 11.7 Å². The standard InChI is InChI=1S/C10H15N3OS/c1-3-5-8(11)10-12-9(13-14-10)7-15-6-4-2/h1,8H,4-7,11H2,2H3. The molecule has 1 unspecified atom stereocenters. The van der Waals surface area contributed by atoms with Crippen molar-refractivity contribution in [1.29, 1.82) is 0 Å². The van der Waals surface area contributed by atoms with Gasteiger partial charge in [-0.05, 0) is 12.2 Å². The number of hydrogen-bond acceptors (Lipinski definition) is 5. The van der Waals surface area contributed by atoms with Crippen LogP contribution in [0, 0.1) is 12.3 Å². The molecular formula is C10H15N3OS. The lowest BCUT2D eigenvalue weighted by molar-refractivity contribution is 0.353. The second kappa shape index (κ2) is 6.49. The van der Waals surface area contributed by atoms with Crippen LogP contribution >= 0.6 is 11.8 Å². The molecule has 1 rings (SSSR count). The Morgan fingerprint density at radius 3 is 3.13 bits per heavy atom. The highest BCUT2D eigenvalue weighted by Crippen LogP contribution is 2.14. The van der Waals surface area contributed by atoms with Gasteiger partial charge < -0.3 is 10.3 Å². The van der Waals surface area contributed by atoms with Gasteiger partial charge in [-0.25, -0.2) is 0 Å². The Kier molecular flexibility index (Phi) is 5.22. The summed E-state index contributed by atoms with van der Waals surface area (Å²) < 4.78 is 5.01. The highest BCUT2D eigenvalue weighted by Gasteiger charge is 2.13. The van der Waals surface area contributed by atoms with E-state index in [-0.39, 0.29) is 6.04 Å². The fraction of sp³-hybridized carbons (Fsp3) is 0.600. The summed E-state index contributed by atoms with van der Waals surface area (Å²) in [5.41, 5.74) is 5.73. The van der Waals surface area contributed by atoms with Crippen LogP contribution in [0.2, 0.25) is 0 Å². The Labute approximate surface area is 94.0 Å². The molecule has 0 saturated carbocycles. The van der Waals surface area contributed by atoms with Crippen molar-refractivity contribution < 1.29 is 4.52 Å². The maximum absolute atomic E-state index is 5.73. The molecule has 0 bridgehead atoms. The van der Waals surface area contributed by atoms with E-state index >= 15 is 0 Å². The summed E-state index contributed by atoms with van der Waals surface area (Å²) in [5.74, 6) is 5.45. The van der Waals surface area contributed by atoms with E-state index in [1.807, 2.05) is 0 Å². The topological polar surface area (TPSA) is 64.9 Å². The second-order valence-electron chi connectivity index (χ2n) is 3.12. The van der Waals surface area contributed by atoms with Crippen molar-refractivity contribution in [2.75, 3.05) is 5.75 Å². The molecule has 0 aromatic carbocycles. The molecule has 0 amide bonds. The maximum Gasteiger partial charge on any atom is 0.244 e. The molecule has 0 aliphatic carbocycles. The van der Waals surface area contributed by atoms with E-state index < -0.39 is 0 Å². The zero-order valence-corrected chi connectivity index (χ0v) is 9.59. The summed E-state index contributed by atoms with van der Waals surface area (Å²) in [5, 5.41) is 3.84. The third-order valence-electron chi connectivity index (χ3n) is 1.72. The Balaban J connectivity index is 2.45. The number of rotatable bonds is 6. The van der Waals surface area contributed by atoms with E-state index in [4.69, 9.17) is 16.7 Å². The number of nitrogens with two attached hydrogens (primary N) is 1. The first-order chi connectivity index (χ1) is 7.27. The molecule has 0 saturated heterocycles. The van der Waals surface area contributed by atoms with Gasteiger partial charge in [0.2, 0.25) is 5.89 Å². The Hall–Kier alpha value is -0.990. The highest BCUT2D eigenvalue weighted by molar-refractivity contribution is 7.98. The van der Waals surface area contributed by atoms with E-state index in [0.717, 1.165) is 17.9 Å². The molecule has 4 nitrogen and oxygen atoms in total. The quantitative estimate of drug-likeness (QED) is 0.590. The van der Waals surface area contributed by atoms with Crippen LogP contribution in [0.3, 0.4) is 0 Å².